The van der Waals surface area contributed by atoms with Crippen molar-refractivity contribution in [1.82, 2.24) is 15.2 Å². The Kier molecular flexibility index (Phi) is 23.5. The summed E-state index contributed by atoms with van der Waals surface area (Å²) in [6.45, 7) is 16.6. The van der Waals surface area contributed by atoms with Crippen LogP contribution in [0.1, 0.15) is 105 Å². The Morgan fingerprint density at radius 3 is 2.36 bits per heavy atom. The second-order valence-corrected chi connectivity index (χ2v) is 21.1. The number of methoxy groups -OCH3 is 2. The number of nitriles is 1. The molecular weight excluding hydrogens is 928 g/mol. The molecule has 1 aromatic rings. The highest BCUT2D eigenvalue weighted by Gasteiger charge is 2.68. The smallest absolute Gasteiger partial charge is 0.448 e. The average Bonchev–Trinajstić information content (AvgIpc) is 3.84. The minimum absolute atomic E-state index is 0.0645. The highest BCUT2D eigenvalue weighted by Crippen LogP contribution is 2.59. The van der Waals surface area contributed by atoms with Gasteiger partial charge in [0.25, 0.3) is 5.91 Å². The molecule has 2 saturated heterocycles. The van der Waals surface area contributed by atoms with Crippen LogP contribution in [-0.2, 0) is 32.8 Å². The van der Waals surface area contributed by atoms with Crippen molar-refractivity contribution in [2.75, 3.05) is 41.5 Å². The van der Waals surface area contributed by atoms with Crippen molar-refractivity contribution in [3.8, 4) is 6.07 Å². The Morgan fingerprint density at radius 1 is 1.09 bits per heavy atom. The summed E-state index contributed by atoms with van der Waals surface area (Å²) in [7, 11) is 1.12. The van der Waals surface area contributed by atoms with Crippen molar-refractivity contribution < 1.29 is 72.6 Å². The largest absolute Gasteiger partial charge is 0.469 e. The van der Waals surface area contributed by atoms with E-state index in [1.165, 1.54) is 26.6 Å². The van der Waals surface area contributed by atoms with Gasteiger partial charge >= 0.3 is 7.82 Å². The molecule has 3 rings (SSSR count). The van der Waals surface area contributed by atoms with E-state index < -0.39 is 97.7 Å². The summed E-state index contributed by atoms with van der Waals surface area (Å²) in [6, 6.07) is 1.40. The molecular formula is C50H81N4O15P. The predicted molar refractivity (Wildman–Crippen MR) is 262 cm³/mol. The van der Waals surface area contributed by atoms with Gasteiger partial charge in [-0.15, -0.1) is 0 Å². The Bertz CT molecular complexity index is 2080. The predicted octanol–water partition coefficient (Wildman–Crippen LogP) is 4.69. The Labute approximate surface area is 414 Å². The summed E-state index contributed by atoms with van der Waals surface area (Å²) < 4.78 is 48.2. The number of likely N-dealkylation sites (N-methyl/N-ethyl adjacent to an activating group) is 1. The van der Waals surface area contributed by atoms with Gasteiger partial charge in [-0.3, -0.25) is 9.32 Å². The monoisotopic (exact) mass is 1010 g/mol. The topological polar surface area (TPSA) is 287 Å². The molecule has 1 spiro atoms. The molecule has 0 aromatic carbocycles. The molecule has 0 radical (unpaired) electrons. The number of nitrogens with zero attached hydrogens (tertiary/aromatic N) is 3. The van der Waals surface area contributed by atoms with E-state index in [9.17, 15) is 44.7 Å². The number of aliphatic hydroxyl groups excluding tert-OH is 5. The number of oxazole rings is 1. The van der Waals surface area contributed by atoms with Crippen molar-refractivity contribution in [2.24, 2.45) is 23.2 Å². The molecule has 0 bridgehead atoms. The Morgan fingerprint density at radius 2 is 1.76 bits per heavy atom. The van der Waals surface area contributed by atoms with E-state index in [2.05, 4.69) is 10.3 Å². The lowest BCUT2D eigenvalue weighted by Crippen LogP contribution is -2.58. The number of phosphoric acid groups is 1. The molecule has 0 saturated carbocycles. The van der Waals surface area contributed by atoms with E-state index in [1.807, 2.05) is 78.0 Å². The fraction of sp³-hybridized carbons (Fsp3) is 0.700. The first kappa shape index (κ1) is 60.9. The number of aliphatic hydroxyl groups is 5. The van der Waals surface area contributed by atoms with Crippen LogP contribution in [0.25, 0.3) is 6.08 Å². The molecule has 15 atom stereocenters. The zero-order valence-corrected chi connectivity index (χ0v) is 44.0. The number of hydrogen-bond donors (Lipinski definition) is 8. The number of carbonyl (C=O) groups excluding carboxylic acids is 1. The zero-order chi connectivity index (χ0) is 52.9. The standard InChI is InChI=1S/C50H81N4O15P/c1-29(20-22-51)16-14-17-30(2)32(4)24-33(5)42(57)35(7)38(55)25-41(65-13)45-46(69-70(61,62)63)49(8,9)50(68-45)26-39(56)34(6)40(67-50)19-15-18-36-27-66-48(53-36)31(3)21-23-52-47(60)44(59)43(58)37(28-64-12)54(10)11/h14-18,20,24,27,31,33-35,37-46,55-59H,19,21,23,25-26,28H2,1-13H3,(H,52,60)(H2,61,62,63)/t31-,33?,34?,35?,37?,38-,39-,40?,41?,42-,43+,44?,45?,46+,50?/m0/s1. The molecule has 1 aromatic heterocycles. The van der Waals surface area contributed by atoms with Crippen molar-refractivity contribution in [2.45, 2.75) is 161 Å². The van der Waals surface area contributed by atoms with Gasteiger partial charge in [0.1, 0.15) is 30.3 Å². The molecule has 19 nitrogen and oxygen atoms in total. The summed E-state index contributed by atoms with van der Waals surface area (Å²) >= 11 is 0. The molecule has 2 aliphatic rings. The van der Waals surface area contributed by atoms with Crippen LogP contribution >= 0.6 is 7.82 Å². The maximum absolute atomic E-state index is 12.6. The number of phosphoric ester groups is 1. The second-order valence-electron chi connectivity index (χ2n) is 19.9. The van der Waals surface area contributed by atoms with E-state index in [4.69, 9.17) is 33.2 Å². The molecule has 20 heteroatoms. The minimum atomic E-state index is -5.15. The van der Waals surface area contributed by atoms with E-state index in [-0.39, 0.29) is 44.2 Å². The van der Waals surface area contributed by atoms with Gasteiger partial charge in [0.2, 0.25) is 0 Å². The molecule has 1 amide bonds. The van der Waals surface area contributed by atoms with E-state index in [0.717, 1.165) is 16.7 Å². The van der Waals surface area contributed by atoms with Crippen LogP contribution in [0.5, 0.6) is 0 Å². The van der Waals surface area contributed by atoms with Gasteiger partial charge in [0, 0.05) is 68.8 Å². The van der Waals surface area contributed by atoms with Crippen molar-refractivity contribution in [1.29, 1.82) is 5.26 Å². The molecule has 70 heavy (non-hydrogen) atoms. The van der Waals surface area contributed by atoms with Gasteiger partial charge in [-0.2, -0.15) is 5.26 Å². The van der Waals surface area contributed by atoms with Gasteiger partial charge in [-0.05, 0) is 64.9 Å². The number of aromatic nitrogens is 1. The van der Waals surface area contributed by atoms with Gasteiger partial charge < -0.3 is 68.9 Å². The number of nitrogens with one attached hydrogen (secondary N) is 1. The first-order valence-corrected chi connectivity index (χ1v) is 25.4. The minimum Gasteiger partial charge on any atom is -0.448 e. The van der Waals surface area contributed by atoms with Crippen LogP contribution in [0.2, 0.25) is 0 Å². The van der Waals surface area contributed by atoms with Crippen LogP contribution in [0, 0.1) is 34.5 Å². The third kappa shape index (κ3) is 16.3. The van der Waals surface area contributed by atoms with Crippen molar-refractivity contribution in [3.05, 3.63) is 71.0 Å². The summed E-state index contributed by atoms with van der Waals surface area (Å²) in [6.07, 6.45) is 4.10. The second kappa shape index (κ2) is 27.0. The molecule has 2 aliphatic heterocycles. The maximum Gasteiger partial charge on any atom is 0.469 e. The molecule has 2 fully saturated rings. The summed E-state index contributed by atoms with van der Waals surface area (Å²) in [5, 5.41) is 67.1. The van der Waals surface area contributed by atoms with Gasteiger partial charge in [-0.25, -0.2) is 9.55 Å². The van der Waals surface area contributed by atoms with Crippen molar-refractivity contribution >= 4 is 19.8 Å². The Balaban J connectivity index is 1.74. The summed E-state index contributed by atoms with van der Waals surface area (Å²) in [4.78, 5) is 39.2. The maximum atomic E-state index is 12.6. The zero-order valence-electron chi connectivity index (χ0n) is 43.1. The van der Waals surface area contributed by atoms with Gasteiger partial charge in [0.05, 0.1) is 49.2 Å². The highest BCUT2D eigenvalue weighted by molar-refractivity contribution is 7.46. The number of allylic oxidation sites excluding steroid dienone is 7. The first-order chi connectivity index (χ1) is 32.6. The number of carbonyl (C=O) groups is 1. The summed E-state index contributed by atoms with van der Waals surface area (Å²) in [5.74, 6) is -3.63. The SMILES string of the molecule is COCC([C@@H](O)C(O)C(=O)NCC[C@H](C)c1nc(C=CCC2OC3(C[C@H](O)C2C)OC(C(C[C@H](O)C(C)[C@@H](O)C(C)C=C(C)C(C)=CC=CC(C)=CC#N)OC)[C@@H](OP(=O)(O)O)C3(C)C)co1)N(C)C. The van der Waals surface area contributed by atoms with Crippen molar-refractivity contribution in [3.63, 3.8) is 0 Å². The third-order valence-corrected chi connectivity index (χ3v) is 14.5. The molecule has 8 N–H and O–H groups in total. The highest BCUT2D eigenvalue weighted by atomic mass is 31.2. The lowest BCUT2D eigenvalue weighted by molar-refractivity contribution is -0.334. The number of ether oxygens (including phenoxy) is 4. The molecule has 396 valence electrons. The lowest BCUT2D eigenvalue weighted by Gasteiger charge is -2.50. The third-order valence-electron chi connectivity index (χ3n) is 14.0. The fourth-order valence-corrected chi connectivity index (χ4v) is 9.64. The molecule has 9 unspecified atom stereocenters. The van der Waals surface area contributed by atoms with Gasteiger partial charge in [0.15, 0.2) is 17.8 Å². The van der Waals surface area contributed by atoms with Gasteiger partial charge in [-0.1, -0.05) is 77.5 Å². The van der Waals surface area contributed by atoms with Crippen LogP contribution in [0.4, 0.5) is 0 Å². The van der Waals surface area contributed by atoms with E-state index in [0.29, 0.717) is 18.0 Å². The van der Waals surface area contributed by atoms with Crippen LogP contribution in [-0.4, -0.2) is 159 Å². The number of rotatable bonds is 26. The summed E-state index contributed by atoms with van der Waals surface area (Å²) in [5.41, 5.74) is 1.87. The van der Waals surface area contributed by atoms with Crippen LogP contribution in [0.3, 0.4) is 0 Å². The van der Waals surface area contributed by atoms with Crippen LogP contribution in [0.15, 0.2) is 63.9 Å². The van der Waals surface area contributed by atoms with E-state index in [1.54, 1.807) is 45.8 Å². The number of hydrogen-bond acceptors (Lipinski definition) is 16. The fourth-order valence-electron chi connectivity index (χ4n) is 8.96. The normalized spacial score (nSPS) is 27.6. The first-order valence-electron chi connectivity index (χ1n) is 23.8. The lowest BCUT2D eigenvalue weighted by atomic mass is 9.72. The van der Waals surface area contributed by atoms with E-state index >= 15 is 0 Å². The average molecular weight is 1010 g/mol. The molecule has 0 aliphatic carbocycles. The Hall–Kier alpha value is -3.42. The molecule has 3 heterocycles. The van der Waals surface area contributed by atoms with Crippen LogP contribution < -0.4 is 5.32 Å². The number of amides is 1. The quantitative estimate of drug-likeness (QED) is 0.0355.